The Kier molecular flexibility index (Phi) is 5.31. The molecule has 2 aliphatic rings. The zero-order valence-electron chi connectivity index (χ0n) is 14.8. The lowest BCUT2D eigenvalue weighted by Gasteiger charge is -2.23. The summed E-state index contributed by atoms with van der Waals surface area (Å²) in [5.74, 6) is 0.194. The molecule has 1 fully saturated rings. The van der Waals surface area contributed by atoms with Crippen LogP contribution in [0.5, 0.6) is 0 Å². The summed E-state index contributed by atoms with van der Waals surface area (Å²) in [6.45, 7) is 8.13. The van der Waals surface area contributed by atoms with Crippen LogP contribution in [0.15, 0.2) is 5.16 Å². The molecule has 0 bridgehead atoms. The summed E-state index contributed by atoms with van der Waals surface area (Å²) < 4.78 is 3.83. The van der Waals surface area contributed by atoms with E-state index in [4.69, 9.17) is 4.84 Å². The number of oxime groups is 1. The van der Waals surface area contributed by atoms with E-state index in [-0.39, 0.29) is 17.7 Å². The van der Waals surface area contributed by atoms with Crippen molar-refractivity contribution >= 4 is 29.1 Å². The Bertz CT molecular complexity index is 687. The monoisotopic (exact) mass is 365 g/mol. The van der Waals surface area contributed by atoms with E-state index < -0.39 is 6.10 Å². The normalized spacial score (nSPS) is 21.1. The van der Waals surface area contributed by atoms with Crippen LogP contribution in [-0.2, 0) is 9.63 Å². The van der Waals surface area contributed by atoms with Crippen molar-refractivity contribution in [2.24, 2.45) is 11.1 Å². The summed E-state index contributed by atoms with van der Waals surface area (Å²) in [7, 11) is 0. The second-order valence-corrected chi connectivity index (χ2v) is 7.45. The van der Waals surface area contributed by atoms with Gasteiger partial charge in [-0.25, -0.2) is 0 Å². The largest absolute Gasteiger partial charge is 0.382 e. The van der Waals surface area contributed by atoms with Gasteiger partial charge in [0.1, 0.15) is 4.88 Å². The maximum absolute atomic E-state index is 12.7. The number of carbonyl (C=O) groups is 2. The van der Waals surface area contributed by atoms with Crippen LogP contribution in [0.2, 0.25) is 0 Å². The third-order valence-corrected chi connectivity index (χ3v) is 5.39. The Labute approximate surface area is 151 Å². The van der Waals surface area contributed by atoms with Gasteiger partial charge in [0, 0.05) is 32.6 Å². The lowest BCUT2D eigenvalue weighted by atomic mass is 10.0. The van der Waals surface area contributed by atoms with Crippen molar-refractivity contribution in [3.8, 4) is 0 Å². The summed E-state index contributed by atoms with van der Waals surface area (Å²) in [5.41, 5.74) is 1.59. The number of rotatable bonds is 3. The van der Waals surface area contributed by atoms with Crippen LogP contribution in [0, 0.1) is 12.8 Å². The zero-order chi connectivity index (χ0) is 18.0. The second kappa shape index (κ2) is 7.47. The minimum atomic E-state index is -0.521. The lowest BCUT2D eigenvalue weighted by Crippen LogP contribution is -2.42. The summed E-state index contributed by atoms with van der Waals surface area (Å²) in [4.78, 5) is 34.8. The van der Waals surface area contributed by atoms with E-state index in [0.29, 0.717) is 43.2 Å². The molecule has 2 aliphatic heterocycles. The van der Waals surface area contributed by atoms with E-state index in [1.165, 1.54) is 0 Å². The average molecular weight is 365 g/mol. The molecule has 0 spiro atoms. The molecule has 1 saturated heterocycles. The molecule has 0 aromatic carbocycles. The fourth-order valence-corrected chi connectivity index (χ4v) is 3.61. The third kappa shape index (κ3) is 3.81. The Morgan fingerprint density at radius 2 is 1.92 bits per heavy atom. The number of aryl methyl sites for hydroxylation is 1. The van der Waals surface area contributed by atoms with Crippen LogP contribution in [-0.4, -0.2) is 69.2 Å². The first-order valence-corrected chi connectivity index (χ1v) is 9.34. The zero-order valence-corrected chi connectivity index (χ0v) is 15.6. The number of carbonyl (C=O) groups excluding carboxylic acids is 2. The molecule has 9 heteroatoms. The Morgan fingerprint density at radius 3 is 2.56 bits per heavy atom. The molecule has 25 heavy (non-hydrogen) atoms. The second-order valence-electron chi connectivity index (χ2n) is 6.69. The maximum Gasteiger partial charge on any atom is 0.267 e. The van der Waals surface area contributed by atoms with E-state index >= 15 is 0 Å². The lowest BCUT2D eigenvalue weighted by molar-refractivity contribution is -0.141. The Morgan fingerprint density at radius 1 is 1.20 bits per heavy atom. The highest BCUT2D eigenvalue weighted by molar-refractivity contribution is 7.07. The van der Waals surface area contributed by atoms with Gasteiger partial charge >= 0.3 is 0 Å². The molecule has 1 aromatic rings. The summed E-state index contributed by atoms with van der Waals surface area (Å²) in [5, 5.41) is 7.93. The number of amides is 2. The molecule has 8 nitrogen and oxygen atoms in total. The highest BCUT2D eigenvalue weighted by Crippen LogP contribution is 2.20. The quantitative estimate of drug-likeness (QED) is 0.806. The molecule has 1 aromatic heterocycles. The third-order valence-electron chi connectivity index (χ3n) is 4.57. The first-order chi connectivity index (χ1) is 12.0. The van der Waals surface area contributed by atoms with Crippen LogP contribution in [0.25, 0.3) is 0 Å². The molecule has 3 rings (SSSR count). The van der Waals surface area contributed by atoms with E-state index in [2.05, 4.69) is 14.7 Å². The van der Waals surface area contributed by atoms with Gasteiger partial charge in [-0.3, -0.25) is 9.59 Å². The van der Waals surface area contributed by atoms with Gasteiger partial charge in [0.2, 0.25) is 6.10 Å². The summed E-state index contributed by atoms with van der Waals surface area (Å²) in [6.07, 6.45) is 0.780. The van der Waals surface area contributed by atoms with E-state index in [1.807, 2.05) is 13.8 Å². The van der Waals surface area contributed by atoms with Gasteiger partial charge in [-0.05, 0) is 30.8 Å². The van der Waals surface area contributed by atoms with Crippen molar-refractivity contribution in [1.29, 1.82) is 0 Å². The number of nitrogens with zero attached hydrogens (tertiary/aromatic N) is 5. The summed E-state index contributed by atoms with van der Waals surface area (Å²) >= 11 is 1.12. The molecular weight excluding hydrogens is 342 g/mol. The smallest absolute Gasteiger partial charge is 0.267 e. The number of aromatic nitrogens is 2. The van der Waals surface area contributed by atoms with Crippen molar-refractivity contribution in [3.05, 3.63) is 10.6 Å². The predicted molar refractivity (Wildman–Crippen MR) is 93.5 cm³/mol. The molecule has 0 saturated carbocycles. The minimum absolute atomic E-state index is 0.0377. The SMILES string of the molecule is Cc1nnsc1C(=O)N1CCCN(C(=O)C2CC(C(C)C)=NO2)CC1. The van der Waals surface area contributed by atoms with Crippen LogP contribution in [0.4, 0.5) is 0 Å². The average Bonchev–Trinajstić information content (AvgIpc) is 3.17. The molecule has 0 radical (unpaired) electrons. The minimum Gasteiger partial charge on any atom is -0.382 e. The van der Waals surface area contributed by atoms with Gasteiger partial charge in [0.15, 0.2) is 0 Å². The fourth-order valence-electron chi connectivity index (χ4n) is 2.99. The van der Waals surface area contributed by atoms with Crippen LogP contribution < -0.4 is 0 Å². The van der Waals surface area contributed by atoms with E-state index in [9.17, 15) is 9.59 Å². The fraction of sp³-hybridized carbons (Fsp3) is 0.688. The van der Waals surface area contributed by atoms with Gasteiger partial charge < -0.3 is 14.6 Å². The molecule has 0 aliphatic carbocycles. The number of hydrogen-bond donors (Lipinski definition) is 0. The highest BCUT2D eigenvalue weighted by Gasteiger charge is 2.34. The topological polar surface area (TPSA) is 88.0 Å². The van der Waals surface area contributed by atoms with Crippen molar-refractivity contribution in [1.82, 2.24) is 19.4 Å². The molecule has 3 heterocycles. The van der Waals surface area contributed by atoms with Crippen molar-refractivity contribution in [3.63, 3.8) is 0 Å². The van der Waals surface area contributed by atoms with E-state index in [0.717, 1.165) is 23.7 Å². The van der Waals surface area contributed by atoms with Crippen molar-refractivity contribution in [2.75, 3.05) is 26.2 Å². The molecule has 1 unspecified atom stereocenters. The molecule has 136 valence electrons. The van der Waals surface area contributed by atoms with Gasteiger partial charge in [0.25, 0.3) is 11.8 Å². The van der Waals surface area contributed by atoms with Crippen LogP contribution >= 0.6 is 11.5 Å². The van der Waals surface area contributed by atoms with Gasteiger partial charge in [-0.1, -0.05) is 23.5 Å². The standard InChI is InChI=1S/C16H23N5O3S/c1-10(2)12-9-13(24-18-12)15(22)20-5-4-6-21(8-7-20)16(23)14-11(3)17-19-25-14/h10,13H,4-9H2,1-3H3. The first-order valence-electron chi connectivity index (χ1n) is 8.57. The maximum atomic E-state index is 12.7. The molecule has 0 N–H and O–H groups in total. The van der Waals surface area contributed by atoms with Crippen LogP contribution in [0.3, 0.4) is 0 Å². The Hall–Kier alpha value is -2.03. The van der Waals surface area contributed by atoms with Crippen molar-refractivity contribution < 1.29 is 14.4 Å². The van der Waals surface area contributed by atoms with Crippen LogP contribution in [0.1, 0.15) is 42.1 Å². The van der Waals surface area contributed by atoms with Gasteiger partial charge in [-0.2, -0.15) is 0 Å². The number of hydrogen-bond acceptors (Lipinski definition) is 7. The first kappa shape index (κ1) is 17.8. The van der Waals surface area contributed by atoms with Gasteiger partial charge in [-0.15, -0.1) is 5.10 Å². The summed E-state index contributed by atoms with van der Waals surface area (Å²) in [6, 6.07) is 0. The molecule has 2 amide bonds. The van der Waals surface area contributed by atoms with Gasteiger partial charge in [0.05, 0.1) is 11.4 Å². The predicted octanol–water partition coefficient (Wildman–Crippen LogP) is 1.32. The highest BCUT2D eigenvalue weighted by atomic mass is 32.1. The van der Waals surface area contributed by atoms with E-state index in [1.54, 1.807) is 16.7 Å². The molecular formula is C16H23N5O3S. The van der Waals surface area contributed by atoms with Crippen molar-refractivity contribution in [2.45, 2.75) is 39.7 Å². The Balaban J connectivity index is 1.58. The molecule has 1 atom stereocenters.